The first kappa shape index (κ1) is 49.3. The second-order valence-electron chi connectivity index (χ2n) is 20.1. The minimum absolute atomic E-state index is 0.00123. The van der Waals surface area contributed by atoms with Crippen LogP contribution in [0.5, 0.6) is 11.5 Å². The van der Waals surface area contributed by atoms with Crippen LogP contribution in [0.3, 0.4) is 0 Å². The van der Waals surface area contributed by atoms with Gasteiger partial charge in [-0.15, -0.1) is 0 Å². The lowest BCUT2D eigenvalue weighted by molar-refractivity contribution is -0.138. The number of benzene rings is 4. The number of methoxy groups -OCH3 is 1. The summed E-state index contributed by atoms with van der Waals surface area (Å²) in [7, 11) is 3.31. The van der Waals surface area contributed by atoms with Crippen LogP contribution in [0.1, 0.15) is 85.7 Å². The topological polar surface area (TPSA) is 168 Å². The fourth-order valence-electron chi connectivity index (χ4n) is 11.9. The zero-order valence-corrected chi connectivity index (χ0v) is 41.8. The van der Waals surface area contributed by atoms with E-state index in [0.717, 1.165) is 119 Å². The number of ether oxygens (including phenoxy) is 2. The van der Waals surface area contributed by atoms with Crippen LogP contribution in [0, 0.1) is 23.5 Å². The lowest BCUT2D eigenvalue weighted by atomic mass is 9.77. The van der Waals surface area contributed by atoms with Crippen molar-refractivity contribution in [3.8, 4) is 22.6 Å². The molecule has 2 atom stereocenters. The van der Waals surface area contributed by atoms with Gasteiger partial charge in [-0.2, -0.15) is 0 Å². The molecule has 0 unspecified atom stereocenters. The van der Waals surface area contributed by atoms with E-state index in [1.807, 2.05) is 62.5 Å². The standard InChI is InChI=1S/C54H62ClF2N9O6/c1-32-45-43(30-39(56)48(55)47(45)46-38(50(58)68)14-16-42(71-3)49(46)57)72-54(32,35-7-5-4-6-8-35)31-59-36-11-9-34(10-12-36)51(69)64-22-18-33(19-23-64)17-21-63-25-27-65(28-26-63)52-60-40-15-13-37(29-41(40)62(52)2)66-24-20-44(67)61-53(66)70/h4-8,13-16,29-30,32-34,36,59H,9-12,17-28,31H2,1-3H3,(H2,58,68)(H,61,67,70)/t32-,34?,36?,54-/m0/s1. The summed E-state index contributed by atoms with van der Waals surface area (Å²) in [5.41, 5.74) is 8.12. The van der Waals surface area contributed by atoms with Crippen molar-refractivity contribution in [2.45, 2.75) is 75.9 Å². The van der Waals surface area contributed by atoms with Gasteiger partial charge in [0.05, 0.1) is 28.7 Å². The third kappa shape index (κ3) is 9.23. The van der Waals surface area contributed by atoms with Gasteiger partial charge < -0.3 is 34.9 Å². The normalized spacial score (nSPS) is 23.0. The minimum Gasteiger partial charge on any atom is -0.494 e. The number of hydrogen-bond donors (Lipinski definition) is 3. The molecular weight excluding hydrogens is 944 g/mol. The highest BCUT2D eigenvalue weighted by molar-refractivity contribution is 6.34. The van der Waals surface area contributed by atoms with Gasteiger partial charge in [0.15, 0.2) is 17.2 Å². The number of likely N-dealkylation sites (tertiary alicyclic amines) is 1. The molecule has 1 aromatic heterocycles. The summed E-state index contributed by atoms with van der Waals surface area (Å²) in [5.74, 6) is -1.61. The van der Waals surface area contributed by atoms with E-state index in [4.69, 9.17) is 31.8 Å². The number of primary amides is 1. The van der Waals surface area contributed by atoms with Crippen molar-refractivity contribution in [3.05, 3.63) is 100 Å². The summed E-state index contributed by atoms with van der Waals surface area (Å²) in [4.78, 5) is 64.3. The molecule has 1 saturated carbocycles. The van der Waals surface area contributed by atoms with Gasteiger partial charge >= 0.3 is 6.03 Å². The smallest absolute Gasteiger partial charge is 0.328 e. The highest BCUT2D eigenvalue weighted by atomic mass is 35.5. The number of fused-ring (bicyclic) bond motifs is 2. The minimum atomic E-state index is -1.06. The van der Waals surface area contributed by atoms with E-state index in [9.17, 15) is 19.2 Å². The Balaban J connectivity index is 0.710. The van der Waals surface area contributed by atoms with Gasteiger partial charge in [0.1, 0.15) is 11.6 Å². The second kappa shape index (κ2) is 20.3. The van der Waals surface area contributed by atoms with Crippen LogP contribution in [-0.4, -0.2) is 115 Å². The van der Waals surface area contributed by atoms with Crippen molar-refractivity contribution in [1.82, 2.24) is 30.0 Å². The van der Waals surface area contributed by atoms with Crippen LogP contribution < -0.4 is 35.6 Å². The lowest BCUT2D eigenvalue weighted by Gasteiger charge is -2.39. The molecular formula is C54H62ClF2N9O6. The van der Waals surface area contributed by atoms with Gasteiger partial charge in [-0.05, 0) is 93.3 Å². The van der Waals surface area contributed by atoms with Crippen molar-refractivity contribution < 1.29 is 37.4 Å². The van der Waals surface area contributed by atoms with Gasteiger partial charge in [0.2, 0.25) is 23.7 Å². The molecule has 4 aliphatic heterocycles. The zero-order chi connectivity index (χ0) is 50.4. The molecule has 3 saturated heterocycles. The third-order valence-corrected chi connectivity index (χ3v) is 16.5. The molecule has 4 N–H and O–H groups in total. The number of nitrogens with one attached hydrogen (secondary N) is 2. The Hall–Kier alpha value is -6.30. The number of nitrogens with two attached hydrogens (primary N) is 1. The average Bonchev–Trinajstić information content (AvgIpc) is 3.87. The van der Waals surface area contributed by atoms with Crippen molar-refractivity contribution in [1.29, 1.82) is 0 Å². The van der Waals surface area contributed by atoms with E-state index in [1.165, 1.54) is 25.3 Å². The van der Waals surface area contributed by atoms with Gasteiger partial charge in [0, 0.05) is 112 Å². The van der Waals surface area contributed by atoms with Gasteiger partial charge in [0.25, 0.3) is 0 Å². The Morgan fingerprint density at radius 3 is 2.36 bits per heavy atom. The van der Waals surface area contributed by atoms with Gasteiger partial charge in [-0.1, -0.05) is 48.9 Å². The largest absolute Gasteiger partial charge is 0.494 e. The number of imide groups is 1. The van der Waals surface area contributed by atoms with Crippen LogP contribution in [0.2, 0.25) is 5.02 Å². The van der Waals surface area contributed by atoms with Crippen LogP contribution >= 0.6 is 11.6 Å². The summed E-state index contributed by atoms with van der Waals surface area (Å²) >= 11 is 6.71. The number of piperidine rings is 1. The van der Waals surface area contributed by atoms with Gasteiger partial charge in [-0.25, -0.2) is 18.6 Å². The molecule has 1 aliphatic carbocycles. The van der Waals surface area contributed by atoms with E-state index in [0.29, 0.717) is 24.6 Å². The van der Waals surface area contributed by atoms with Crippen molar-refractivity contribution >= 4 is 58.0 Å². The number of piperazine rings is 1. The number of anilines is 2. The number of imidazole rings is 1. The highest BCUT2D eigenvalue weighted by Crippen LogP contribution is 2.56. The summed E-state index contributed by atoms with van der Waals surface area (Å²) in [5, 5.41) is 5.81. The number of carbonyl (C=O) groups excluding carboxylic acids is 4. The van der Waals surface area contributed by atoms with Crippen LogP contribution in [-0.2, 0) is 22.2 Å². The molecule has 15 nitrogen and oxygen atoms in total. The maximum absolute atomic E-state index is 16.2. The fraction of sp³-hybridized carbons (Fsp3) is 0.463. The number of rotatable bonds is 13. The molecule has 72 heavy (non-hydrogen) atoms. The molecule has 5 aliphatic rings. The number of halogens is 3. The third-order valence-electron chi connectivity index (χ3n) is 16.1. The van der Waals surface area contributed by atoms with E-state index < -0.39 is 35.1 Å². The zero-order valence-electron chi connectivity index (χ0n) is 41.0. The average molecular weight is 1010 g/mol. The van der Waals surface area contributed by atoms with E-state index >= 15 is 8.78 Å². The SMILES string of the molecule is COc1ccc(C(N)=O)c(-c2c(Cl)c(F)cc3c2[C@H](C)[C@@](CNC2CCC(C(=O)N4CCC(CCN5CCN(c6nc7ccc(N8CCC(=O)NC8=O)cc7n6C)CC5)CC4)CC2)(c2ccccc2)O3)c1F. The first-order valence-corrected chi connectivity index (χ1v) is 25.6. The number of carbonyl (C=O) groups is 4. The molecule has 5 aromatic rings. The Kier molecular flexibility index (Phi) is 13.9. The summed E-state index contributed by atoms with van der Waals surface area (Å²) in [6.07, 6.45) is 6.53. The first-order valence-electron chi connectivity index (χ1n) is 25.2. The predicted octanol–water partition coefficient (Wildman–Crippen LogP) is 7.72. The molecule has 5 amide bonds. The highest BCUT2D eigenvalue weighted by Gasteiger charge is 2.50. The molecule has 4 aromatic carbocycles. The Morgan fingerprint density at radius 2 is 1.67 bits per heavy atom. The van der Waals surface area contributed by atoms with Crippen LogP contribution in [0.15, 0.2) is 66.7 Å². The Labute approximate surface area is 422 Å². The molecule has 4 fully saturated rings. The number of urea groups is 1. The van der Waals surface area contributed by atoms with Crippen molar-refractivity contribution in [3.63, 3.8) is 0 Å². The Morgan fingerprint density at radius 1 is 0.931 bits per heavy atom. The number of aromatic nitrogens is 2. The number of nitrogens with zero attached hydrogens (tertiary/aromatic N) is 6. The van der Waals surface area contributed by atoms with E-state index in [2.05, 4.69) is 29.9 Å². The first-order chi connectivity index (χ1) is 34.7. The maximum Gasteiger partial charge on any atom is 0.328 e. The molecule has 10 rings (SSSR count). The van der Waals surface area contributed by atoms with Crippen molar-refractivity contribution in [2.75, 3.05) is 75.8 Å². The van der Waals surface area contributed by atoms with Gasteiger partial charge in [-0.3, -0.25) is 29.5 Å². The number of aryl methyl sites for hydroxylation is 1. The molecule has 0 bridgehead atoms. The molecule has 18 heteroatoms. The summed E-state index contributed by atoms with van der Waals surface area (Å²) in [6.45, 7) is 8.84. The predicted molar refractivity (Wildman–Crippen MR) is 272 cm³/mol. The van der Waals surface area contributed by atoms with Crippen molar-refractivity contribution in [2.24, 2.45) is 24.6 Å². The van der Waals surface area contributed by atoms with Crippen LogP contribution in [0.25, 0.3) is 22.2 Å². The van der Waals surface area contributed by atoms with E-state index in [1.54, 1.807) is 4.90 Å². The van der Waals surface area contributed by atoms with E-state index in [-0.39, 0.29) is 63.4 Å². The Bertz CT molecular complexity index is 2900. The lowest BCUT2D eigenvalue weighted by Crippen LogP contribution is -2.49. The number of amides is 5. The molecule has 380 valence electrons. The molecule has 5 heterocycles. The quantitative estimate of drug-likeness (QED) is 0.106. The monoisotopic (exact) mass is 1010 g/mol. The summed E-state index contributed by atoms with van der Waals surface area (Å²) < 4.78 is 46.2. The molecule has 0 radical (unpaired) electrons. The van der Waals surface area contributed by atoms with Crippen LogP contribution in [0.4, 0.5) is 25.2 Å². The second-order valence-corrected chi connectivity index (χ2v) is 20.5. The summed E-state index contributed by atoms with van der Waals surface area (Å²) in [6, 6.07) is 19.0. The number of hydrogen-bond acceptors (Lipinski definition) is 10. The maximum atomic E-state index is 16.2. The molecule has 0 spiro atoms. The fourth-order valence-corrected chi connectivity index (χ4v) is 12.1.